The van der Waals surface area contributed by atoms with Crippen molar-refractivity contribution in [3.05, 3.63) is 35.9 Å². The number of rotatable bonds is 2. The smallest absolute Gasteiger partial charge is 0.0239 e. The van der Waals surface area contributed by atoms with E-state index in [0.717, 1.165) is 13.0 Å². The lowest BCUT2D eigenvalue weighted by Crippen LogP contribution is -2.55. The van der Waals surface area contributed by atoms with Crippen molar-refractivity contribution >= 4 is 0 Å². The van der Waals surface area contributed by atoms with Crippen LogP contribution in [-0.4, -0.2) is 23.0 Å². The molecule has 0 aromatic heterocycles. The van der Waals surface area contributed by atoms with Crippen molar-refractivity contribution in [1.29, 1.82) is 0 Å². The highest BCUT2D eigenvalue weighted by atomic mass is 15.2. The van der Waals surface area contributed by atoms with Gasteiger partial charge in [-0.15, -0.1) is 0 Å². The highest BCUT2D eigenvalue weighted by molar-refractivity contribution is 5.15. The van der Waals surface area contributed by atoms with Crippen LogP contribution in [0, 0.1) is 5.92 Å². The Kier molecular flexibility index (Phi) is 3.85. The molecule has 2 heteroatoms. The summed E-state index contributed by atoms with van der Waals surface area (Å²) in [6.07, 6.45) is 1.11. The van der Waals surface area contributed by atoms with E-state index in [-0.39, 0.29) is 0 Å². The normalized spacial score (nSPS) is 34.8. The predicted molar refractivity (Wildman–Crippen MR) is 72.7 cm³/mol. The molecular formula is C15H24N2. The van der Waals surface area contributed by atoms with Crippen molar-refractivity contribution in [3.8, 4) is 0 Å². The van der Waals surface area contributed by atoms with Crippen LogP contribution in [0.2, 0.25) is 0 Å². The van der Waals surface area contributed by atoms with Crippen LogP contribution in [0.4, 0.5) is 0 Å². The van der Waals surface area contributed by atoms with Gasteiger partial charge in [-0.2, -0.15) is 0 Å². The fourth-order valence-corrected chi connectivity index (χ4v) is 2.90. The topological polar surface area (TPSA) is 29.3 Å². The molecule has 1 aromatic carbocycles. The van der Waals surface area contributed by atoms with Crippen molar-refractivity contribution in [3.63, 3.8) is 0 Å². The molecular weight excluding hydrogens is 208 g/mol. The lowest BCUT2D eigenvalue weighted by atomic mass is 9.84. The summed E-state index contributed by atoms with van der Waals surface area (Å²) < 4.78 is 0. The van der Waals surface area contributed by atoms with Crippen LogP contribution >= 0.6 is 0 Å². The second-order valence-corrected chi connectivity index (χ2v) is 5.51. The molecule has 0 amide bonds. The first-order valence-corrected chi connectivity index (χ1v) is 6.65. The van der Waals surface area contributed by atoms with Gasteiger partial charge in [-0.05, 0) is 31.7 Å². The molecule has 2 rings (SSSR count). The molecule has 1 aromatic rings. The molecule has 2 N–H and O–H groups in total. The number of likely N-dealkylation sites (tertiary alicyclic amines) is 1. The molecule has 1 aliphatic heterocycles. The van der Waals surface area contributed by atoms with E-state index < -0.39 is 0 Å². The predicted octanol–water partition coefficient (Wildman–Crippen LogP) is 2.63. The fraction of sp³-hybridized carbons (Fsp3) is 0.600. The van der Waals surface area contributed by atoms with Gasteiger partial charge in [0.05, 0.1) is 0 Å². The Morgan fingerprint density at radius 2 is 1.82 bits per heavy atom. The standard InChI is InChI=1S/C15H24N2/c1-11-9-15(16)12(2)13(3)17(11)10-14-7-5-4-6-8-14/h4-8,11-13,15H,9-10,16H2,1-3H3/t11-,12+,13+,15-/m1/s1. The third-order valence-corrected chi connectivity index (χ3v) is 4.35. The van der Waals surface area contributed by atoms with Gasteiger partial charge in [0, 0.05) is 24.7 Å². The highest BCUT2D eigenvalue weighted by Crippen LogP contribution is 2.28. The van der Waals surface area contributed by atoms with E-state index in [1.54, 1.807) is 0 Å². The Morgan fingerprint density at radius 3 is 2.47 bits per heavy atom. The van der Waals surface area contributed by atoms with Crippen molar-refractivity contribution < 1.29 is 0 Å². The van der Waals surface area contributed by atoms with Gasteiger partial charge in [0.1, 0.15) is 0 Å². The van der Waals surface area contributed by atoms with E-state index in [2.05, 4.69) is 56.0 Å². The molecule has 0 aliphatic carbocycles. The van der Waals surface area contributed by atoms with Gasteiger partial charge in [-0.3, -0.25) is 4.90 Å². The Labute approximate surface area is 105 Å². The molecule has 0 saturated carbocycles. The van der Waals surface area contributed by atoms with E-state index in [0.29, 0.717) is 24.0 Å². The number of piperidine rings is 1. The molecule has 0 spiro atoms. The average Bonchev–Trinajstić information content (AvgIpc) is 2.33. The molecule has 1 fully saturated rings. The lowest BCUT2D eigenvalue weighted by Gasteiger charge is -2.45. The molecule has 4 atom stereocenters. The summed E-state index contributed by atoms with van der Waals surface area (Å²) in [5.41, 5.74) is 7.59. The Hall–Kier alpha value is -0.860. The van der Waals surface area contributed by atoms with E-state index in [1.165, 1.54) is 5.56 Å². The number of nitrogens with two attached hydrogens (primary N) is 1. The van der Waals surface area contributed by atoms with Gasteiger partial charge in [0.15, 0.2) is 0 Å². The zero-order chi connectivity index (χ0) is 12.4. The monoisotopic (exact) mass is 232 g/mol. The fourth-order valence-electron chi connectivity index (χ4n) is 2.90. The number of nitrogens with zero attached hydrogens (tertiary/aromatic N) is 1. The number of hydrogen-bond acceptors (Lipinski definition) is 2. The van der Waals surface area contributed by atoms with Gasteiger partial charge < -0.3 is 5.73 Å². The maximum absolute atomic E-state index is 6.19. The molecule has 1 heterocycles. The summed E-state index contributed by atoms with van der Waals surface area (Å²) >= 11 is 0. The van der Waals surface area contributed by atoms with Gasteiger partial charge in [0.25, 0.3) is 0 Å². The molecule has 0 bridgehead atoms. The highest BCUT2D eigenvalue weighted by Gasteiger charge is 2.34. The SMILES string of the molecule is C[C@@H]1[C@H](N)C[C@@H](C)N(Cc2ccccc2)[C@H]1C. The van der Waals surface area contributed by atoms with E-state index in [4.69, 9.17) is 5.73 Å². The van der Waals surface area contributed by atoms with Gasteiger partial charge in [-0.1, -0.05) is 37.3 Å². The maximum atomic E-state index is 6.19. The first kappa shape index (κ1) is 12.6. The summed E-state index contributed by atoms with van der Waals surface area (Å²) in [5, 5.41) is 0. The molecule has 0 radical (unpaired) electrons. The minimum absolute atomic E-state index is 0.354. The second kappa shape index (κ2) is 5.19. The minimum Gasteiger partial charge on any atom is -0.327 e. The third-order valence-electron chi connectivity index (χ3n) is 4.35. The molecule has 1 saturated heterocycles. The van der Waals surface area contributed by atoms with Crippen LogP contribution in [-0.2, 0) is 6.54 Å². The number of benzene rings is 1. The summed E-state index contributed by atoms with van der Waals surface area (Å²) in [5.74, 6) is 0.579. The van der Waals surface area contributed by atoms with Crippen molar-refractivity contribution in [2.24, 2.45) is 11.7 Å². The molecule has 1 aliphatic rings. The van der Waals surface area contributed by atoms with Crippen molar-refractivity contribution in [2.75, 3.05) is 0 Å². The van der Waals surface area contributed by atoms with Gasteiger partial charge >= 0.3 is 0 Å². The van der Waals surface area contributed by atoms with E-state index in [1.807, 2.05) is 0 Å². The Balaban J connectivity index is 2.09. The van der Waals surface area contributed by atoms with Crippen LogP contribution in [0.1, 0.15) is 32.8 Å². The van der Waals surface area contributed by atoms with Crippen molar-refractivity contribution in [2.45, 2.75) is 51.9 Å². The molecule has 17 heavy (non-hydrogen) atoms. The third kappa shape index (κ3) is 2.70. The van der Waals surface area contributed by atoms with E-state index in [9.17, 15) is 0 Å². The molecule has 0 unspecified atom stereocenters. The van der Waals surface area contributed by atoms with Crippen LogP contribution in [0.3, 0.4) is 0 Å². The van der Waals surface area contributed by atoms with Crippen LogP contribution < -0.4 is 5.73 Å². The van der Waals surface area contributed by atoms with Gasteiger partial charge in [-0.25, -0.2) is 0 Å². The summed E-state index contributed by atoms with van der Waals surface area (Å²) in [4.78, 5) is 2.59. The minimum atomic E-state index is 0.354. The lowest BCUT2D eigenvalue weighted by molar-refractivity contribution is 0.0439. The van der Waals surface area contributed by atoms with Crippen LogP contribution in [0.15, 0.2) is 30.3 Å². The van der Waals surface area contributed by atoms with E-state index >= 15 is 0 Å². The first-order valence-electron chi connectivity index (χ1n) is 6.65. The average molecular weight is 232 g/mol. The molecule has 2 nitrogen and oxygen atoms in total. The quantitative estimate of drug-likeness (QED) is 0.849. The van der Waals surface area contributed by atoms with Crippen molar-refractivity contribution in [1.82, 2.24) is 4.90 Å². The maximum Gasteiger partial charge on any atom is 0.0239 e. The number of hydrogen-bond donors (Lipinski definition) is 1. The summed E-state index contributed by atoms with van der Waals surface area (Å²) in [6.45, 7) is 7.92. The van der Waals surface area contributed by atoms with Crippen LogP contribution in [0.5, 0.6) is 0 Å². The summed E-state index contributed by atoms with van der Waals surface area (Å²) in [6, 6.07) is 12.2. The largest absolute Gasteiger partial charge is 0.327 e. The Bertz CT molecular complexity index is 349. The first-order chi connectivity index (χ1) is 8.09. The Morgan fingerprint density at radius 1 is 1.18 bits per heavy atom. The summed E-state index contributed by atoms with van der Waals surface area (Å²) in [7, 11) is 0. The molecule has 94 valence electrons. The second-order valence-electron chi connectivity index (χ2n) is 5.51. The van der Waals surface area contributed by atoms with Crippen LogP contribution in [0.25, 0.3) is 0 Å². The van der Waals surface area contributed by atoms with Gasteiger partial charge in [0.2, 0.25) is 0 Å². The zero-order valence-electron chi connectivity index (χ0n) is 11.1. The zero-order valence-corrected chi connectivity index (χ0v) is 11.1.